The van der Waals surface area contributed by atoms with Gasteiger partial charge in [-0.05, 0) is 137 Å². The first-order chi connectivity index (χ1) is 34.7. The lowest BCUT2D eigenvalue weighted by molar-refractivity contribution is 0.654. The second-order valence-electron chi connectivity index (χ2n) is 17.6. The van der Waals surface area contributed by atoms with Gasteiger partial charge in [0, 0.05) is 57.5 Å². The van der Waals surface area contributed by atoms with Crippen molar-refractivity contribution >= 4 is 82.7 Å². The summed E-state index contributed by atoms with van der Waals surface area (Å²) in [6, 6.07) is 78.9. The predicted octanol–water partition coefficient (Wildman–Crippen LogP) is 15.8. The van der Waals surface area contributed by atoms with Gasteiger partial charge in [0.1, 0.15) is 17.2 Å². The number of hydrogen-bond acceptors (Lipinski definition) is 6. The molecule has 70 heavy (non-hydrogen) atoms. The Morgan fingerprint density at radius 1 is 0.386 bits per heavy atom. The summed E-state index contributed by atoms with van der Waals surface area (Å²) in [6.07, 6.45) is 3.56. The number of pyridine rings is 2. The molecule has 0 saturated heterocycles. The highest BCUT2D eigenvalue weighted by molar-refractivity contribution is 6.10. The van der Waals surface area contributed by atoms with E-state index in [0.29, 0.717) is 5.71 Å². The number of rotatable bonds is 8. The van der Waals surface area contributed by atoms with Gasteiger partial charge < -0.3 is 9.32 Å². The van der Waals surface area contributed by atoms with E-state index in [1.807, 2.05) is 42.5 Å². The molecule has 0 bridgehead atoms. The fourth-order valence-corrected chi connectivity index (χ4v) is 10.1. The maximum atomic E-state index is 6.14. The average molecular weight is 898 g/mol. The van der Waals surface area contributed by atoms with Crippen LogP contribution in [0.4, 0.5) is 17.1 Å². The van der Waals surface area contributed by atoms with E-state index in [2.05, 4.69) is 201 Å². The lowest BCUT2D eigenvalue weighted by atomic mass is 10.0. The average Bonchev–Trinajstić information content (AvgIpc) is 4.14. The van der Waals surface area contributed by atoms with Crippen LogP contribution in [-0.4, -0.2) is 29.1 Å². The molecule has 0 aliphatic heterocycles. The molecule has 0 saturated carbocycles. The molecule has 0 spiro atoms. The molecule has 5 heterocycles. The molecule has 0 N–H and O–H groups in total. The number of aromatic nitrogens is 6. The molecule has 9 aromatic carbocycles. The first-order valence-electron chi connectivity index (χ1n) is 23.4. The largest absolute Gasteiger partial charge is 0.438 e. The number of anilines is 3. The minimum absolute atomic E-state index is 0.603. The van der Waals surface area contributed by atoms with Crippen LogP contribution in [0.15, 0.2) is 241 Å². The zero-order valence-corrected chi connectivity index (χ0v) is 37.6. The normalized spacial score (nSPS) is 11.7. The molecule has 0 fully saturated rings. The van der Waals surface area contributed by atoms with Crippen LogP contribution in [0.2, 0.25) is 0 Å². The Hall–Kier alpha value is -9.66. The van der Waals surface area contributed by atoms with Gasteiger partial charge in [0.2, 0.25) is 5.71 Å². The van der Waals surface area contributed by atoms with E-state index in [1.54, 1.807) is 12.4 Å². The van der Waals surface area contributed by atoms with Gasteiger partial charge in [0.15, 0.2) is 0 Å². The number of nitrogens with zero attached hydrogens (tertiary/aromatic N) is 7. The van der Waals surface area contributed by atoms with E-state index < -0.39 is 0 Å². The lowest BCUT2D eigenvalue weighted by Crippen LogP contribution is -2.10. The predicted molar refractivity (Wildman–Crippen MR) is 285 cm³/mol. The summed E-state index contributed by atoms with van der Waals surface area (Å²) in [6.45, 7) is 0. The lowest BCUT2D eigenvalue weighted by Gasteiger charge is -2.26. The highest BCUT2D eigenvalue weighted by atomic mass is 16.3. The van der Waals surface area contributed by atoms with Crippen LogP contribution in [-0.2, 0) is 0 Å². The molecule has 8 heteroatoms. The zero-order chi connectivity index (χ0) is 46.1. The van der Waals surface area contributed by atoms with Crippen molar-refractivity contribution in [2.45, 2.75) is 0 Å². The van der Waals surface area contributed by atoms with E-state index in [-0.39, 0.29) is 0 Å². The van der Waals surface area contributed by atoms with Gasteiger partial charge in [-0.3, -0.25) is 14.1 Å². The number of furan rings is 1. The Balaban J connectivity index is 0.886. The fraction of sp³-hybridized carbons (Fsp3) is 0. The first-order valence-corrected chi connectivity index (χ1v) is 23.4. The van der Waals surface area contributed by atoms with Gasteiger partial charge in [-0.1, -0.05) is 109 Å². The molecule has 0 atom stereocenters. The van der Waals surface area contributed by atoms with Crippen LogP contribution >= 0.6 is 0 Å². The van der Waals surface area contributed by atoms with E-state index in [9.17, 15) is 0 Å². The van der Waals surface area contributed by atoms with E-state index in [4.69, 9.17) is 19.4 Å². The zero-order valence-electron chi connectivity index (χ0n) is 37.6. The Morgan fingerprint density at radius 2 is 0.886 bits per heavy atom. The number of fused-ring (bicyclic) bond motifs is 7. The van der Waals surface area contributed by atoms with Crippen LogP contribution in [0.3, 0.4) is 0 Å². The van der Waals surface area contributed by atoms with Gasteiger partial charge >= 0.3 is 0 Å². The third-order valence-electron chi connectivity index (χ3n) is 13.4. The third kappa shape index (κ3) is 6.53. The van der Waals surface area contributed by atoms with Crippen molar-refractivity contribution in [3.8, 4) is 45.4 Å². The van der Waals surface area contributed by atoms with Gasteiger partial charge in [0.05, 0.1) is 38.5 Å². The molecule has 0 aliphatic rings. The fourth-order valence-electron chi connectivity index (χ4n) is 10.1. The van der Waals surface area contributed by atoms with Crippen molar-refractivity contribution in [2.75, 3.05) is 4.90 Å². The summed E-state index contributed by atoms with van der Waals surface area (Å²) in [5.74, 6) is 1.81. The highest BCUT2D eigenvalue weighted by Crippen LogP contribution is 2.41. The SMILES string of the molecule is c1ccc(-n2c(-c3ccc4cc(N(c5ccc(-c6nccc7oc8ncccc8c67)cc5)c5ccc6cc(-c7nc8ccccc8n7-c7ccccc7)ccc6c5)ccc4c3)nc3ccccc32)cc1. The molecule has 0 radical (unpaired) electrons. The summed E-state index contributed by atoms with van der Waals surface area (Å²) in [7, 11) is 0. The highest BCUT2D eigenvalue weighted by Gasteiger charge is 2.20. The molecule has 0 amide bonds. The van der Waals surface area contributed by atoms with Crippen molar-refractivity contribution in [1.29, 1.82) is 0 Å². The van der Waals surface area contributed by atoms with E-state index >= 15 is 0 Å². The molecule has 328 valence electrons. The van der Waals surface area contributed by atoms with Gasteiger partial charge in [-0.15, -0.1) is 0 Å². The molecule has 14 rings (SSSR count). The molecule has 14 aromatic rings. The second kappa shape index (κ2) is 16.0. The standard InChI is InChI=1S/C62H39N7O/c1-3-12-47(13-4-1)68-55-19-9-7-17-53(55)65-60(68)45-23-21-43-38-50(31-27-41(43)36-45)67(49-29-25-40(26-30-49)59-58-52-16-11-34-64-62(52)70-57(58)33-35-63-59)51-32-28-42-37-46(24-22-44(42)39-51)61-66-54-18-8-10-20-56(54)69(61)48-14-5-2-6-15-48/h1-39H. The van der Waals surface area contributed by atoms with Crippen molar-refractivity contribution < 1.29 is 4.42 Å². The summed E-state index contributed by atoms with van der Waals surface area (Å²) in [4.78, 5) is 22.0. The Bertz CT molecular complexity index is 4110. The minimum atomic E-state index is 0.603. The van der Waals surface area contributed by atoms with Gasteiger partial charge in [-0.25, -0.2) is 15.0 Å². The van der Waals surface area contributed by atoms with Crippen molar-refractivity contribution in [2.24, 2.45) is 0 Å². The monoisotopic (exact) mass is 897 g/mol. The number of benzene rings is 9. The van der Waals surface area contributed by atoms with Crippen molar-refractivity contribution in [3.05, 3.63) is 237 Å². The van der Waals surface area contributed by atoms with Crippen molar-refractivity contribution in [1.82, 2.24) is 29.1 Å². The van der Waals surface area contributed by atoms with Crippen LogP contribution < -0.4 is 4.90 Å². The summed E-state index contributed by atoms with van der Waals surface area (Å²) >= 11 is 0. The van der Waals surface area contributed by atoms with Crippen LogP contribution in [0.25, 0.3) is 111 Å². The number of imidazole rings is 2. The van der Waals surface area contributed by atoms with Crippen LogP contribution in [0, 0.1) is 0 Å². The van der Waals surface area contributed by atoms with Gasteiger partial charge in [-0.2, -0.15) is 0 Å². The quantitative estimate of drug-likeness (QED) is 0.151. The molecule has 5 aromatic heterocycles. The smallest absolute Gasteiger partial charge is 0.227 e. The van der Waals surface area contributed by atoms with Crippen LogP contribution in [0.1, 0.15) is 0 Å². The molecular weight excluding hydrogens is 859 g/mol. The molecule has 0 unspecified atom stereocenters. The maximum Gasteiger partial charge on any atom is 0.227 e. The molecule has 8 nitrogen and oxygen atoms in total. The van der Waals surface area contributed by atoms with Crippen molar-refractivity contribution in [3.63, 3.8) is 0 Å². The summed E-state index contributed by atoms with van der Waals surface area (Å²) in [5, 5.41) is 6.38. The number of para-hydroxylation sites is 6. The summed E-state index contributed by atoms with van der Waals surface area (Å²) < 4.78 is 10.6. The first kappa shape index (κ1) is 39.5. The molecular formula is C62H39N7O. The topological polar surface area (TPSA) is 77.8 Å². The summed E-state index contributed by atoms with van der Waals surface area (Å²) in [5.41, 5.74) is 14.6. The Kier molecular flexibility index (Phi) is 9.03. The Labute approximate surface area is 401 Å². The maximum absolute atomic E-state index is 6.14. The third-order valence-corrected chi connectivity index (χ3v) is 13.4. The van der Waals surface area contributed by atoms with Gasteiger partial charge in [0.25, 0.3) is 0 Å². The van der Waals surface area contributed by atoms with E-state index in [0.717, 1.165) is 122 Å². The van der Waals surface area contributed by atoms with Crippen LogP contribution in [0.5, 0.6) is 0 Å². The second-order valence-corrected chi connectivity index (χ2v) is 17.6. The minimum Gasteiger partial charge on any atom is -0.438 e. The number of hydrogen-bond donors (Lipinski definition) is 0. The van der Waals surface area contributed by atoms with E-state index in [1.165, 1.54) is 0 Å². The molecule has 0 aliphatic carbocycles. The Morgan fingerprint density at radius 3 is 1.47 bits per heavy atom.